The summed E-state index contributed by atoms with van der Waals surface area (Å²) in [7, 11) is 0. The summed E-state index contributed by atoms with van der Waals surface area (Å²) in [6, 6.07) is 7.56. The van der Waals surface area contributed by atoms with Gasteiger partial charge in [-0.2, -0.15) is 0 Å². The number of carbonyl (C=O) groups excluding carboxylic acids is 2. The minimum absolute atomic E-state index is 0.350. The number of carbonyl (C=O) groups is 2. The van der Waals surface area contributed by atoms with E-state index in [0.29, 0.717) is 18.8 Å². The molecule has 2 rings (SSSR count). The van der Waals surface area contributed by atoms with Crippen LogP contribution in [0.25, 0.3) is 5.57 Å². The zero-order valence-electron chi connectivity index (χ0n) is 13.3. The summed E-state index contributed by atoms with van der Waals surface area (Å²) in [4.78, 5) is 24.8. The standard InChI is InChI=1S/C18H22O4/c1-4-10-21-17(19)15-12(3)13-8-6-7-9-14(13)16(15)18(20)22-11-5-2/h6-9,16H,4-5,10-11H2,1-3H3. The molecule has 0 bridgehead atoms. The molecule has 0 aliphatic heterocycles. The van der Waals surface area contributed by atoms with E-state index in [1.54, 1.807) is 0 Å². The van der Waals surface area contributed by atoms with Crippen LogP contribution in [0.2, 0.25) is 0 Å². The van der Waals surface area contributed by atoms with Gasteiger partial charge in [0.1, 0.15) is 5.92 Å². The molecule has 0 amide bonds. The maximum absolute atomic E-state index is 12.4. The molecule has 0 radical (unpaired) electrons. The molecule has 1 aromatic carbocycles. The van der Waals surface area contributed by atoms with Crippen molar-refractivity contribution in [1.29, 1.82) is 0 Å². The van der Waals surface area contributed by atoms with Crippen LogP contribution in [0.4, 0.5) is 0 Å². The molecule has 118 valence electrons. The van der Waals surface area contributed by atoms with Crippen molar-refractivity contribution >= 4 is 17.5 Å². The quantitative estimate of drug-likeness (QED) is 0.755. The molecular weight excluding hydrogens is 280 g/mol. The van der Waals surface area contributed by atoms with E-state index in [9.17, 15) is 9.59 Å². The first-order valence-electron chi connectivity index (χ1n) is 7.75. The molecule has 0 fully saturated rings. The van der Waals surface area contributed by atoms with Crippen LogP contribution < -0.4 is 0 Å². The Morgan fingerprint density at radius 1 is 1.05 bits per heavy atom. The van der Waals surface area contributed by atoms with Crippen molar-refractivity contribution in [3.63, 3.8) is 0 Å². The number of rotatable bonds is 6. The molecule has 4 heteroatoms. The lowest BCUT2D eigenvalue weighted by molar-refractivity contribution is -0.147. The van der Waals surface area contributed by atoms with E-state index < -0.39 is 11.9 Å². The van der Waals surface area contributed by atoms with Crippen LogP contribution in [0.1, 0.15) is 50.7 Å². The monoisotopic (exact) mass is 302 g/mol. The van der Waals surface area contributed by atoms with Crippen molar-refractivity contribution in [2.45, 2.75) is 39.5 Å². The summed E-state index contributed by atoms with van der Waals surface area (Å²) < 4.78 is 10.5. The van der Waals surface area contributed by atoms with Crippen molar-refractivity contribution < 1.29 is 19.1 Å². The average molecular weight is 302 g/mol. The summed E-state index contributed by atoms with van der Waals surface area (Å²) in [5.74, 6) is -1.48. The summed E-state index contributed by atoms with van der Waals surface area (Å²) >= 11 is 0. The van der Waals surface area contributed by atoms with E-state index in [0.717, 1.165) is 29.5 Å². The van der Waals surface area contributed by atoms with E-state index >= 15 is 0 Å². The average Bonchev–Trinajstić information content (AvgIpc) is 2.84. The SMILES string of the molecule is CCCOC(=O)C1=C(C)c2ccccc2C1C(=O)OCCC. The highest BCUT2D eigenvalue weighted by atomic mass is 16.5. The normalized spacial score (nSPS) is 16.4. The molecule has 1 aliphatic rings. The predicted molar refractivity (Wildman–Crippen MR) is 84.3 cm³/mol. The smallest absolute Gasteiger partial charge is 0.335 e. The number of allylic oxidation sites excluding steroid dienone is 1. The fraction of sp³-hybridized carbons (Fsp3) is 0.444. The van der Waals surface area contributed by atoms with Crippen LogP contribution in [-0.2, 0) is 19.1 Å². The van der Waals surface area contributed by atoms with E-state index in [4.69, 9.17) is 9.47 Å². The maximum atomic E-state index is 12.4. The van der Waals surface area contributed by atoms with Gasteiger partial charge in [-0.3, -0.25) is 4.79 Å². The molecular formula is C18H22O4. The molecule has 4 nitrogen and oxygen atoms in total. The fourth-order valence-corrected chi connectivity index (χ4v) is 2.68. The summed E-state index contributed by atoms with van der Waals surface area (Å²) in [6.45, 7) is 6.43. The Morgan fingerprint density at radius 2 is 1.68 bits per heavy atom. The van der Waals surface area contributed by atoms with Gasteiger partial charge in [0, 0.05) is 0 Å². The van der Waals surface area contributed by atoms with Gasteiger partial charge in [0.15, 0.2) is 0 Å². The van der Waals surface area contributed by atoms with Crippen LogP contribution in [0.15, 0.2) is 29.8 Å². The zero-order chi connectivity index (χ0) is 16.1. The molecule has 0 saturated heterocycles. The van der Waals surface area contributed by atoms with E-state index in [2.05, 4.69) is 0 Å². The highest BCUT2D eigenvalue weighted by Gasteiger charge is 2.39. The Labute approximate surface area is 131 Å². The largest absolute Gasteiger partial charge is 0.465 e. The second kappa shape index (κ2) is 7.25. The number of esters is 2. The first-order chi connectivity index (χ1) is 10.6. The number of hydrogen-bond acceptors (Lipinski definition) is 4. The Bertz CT molecular complexity index is 601. The minimum Gasteiger partial charge on any atom is -0.465 e. The third-order valence-corrected chi connectivity index (χ3v) is 3.71. The second-order valence-electron chi connectivity index (χ2n) is 5.36. The Hall–Kier alpha value is -2.10. The highest BCUT2D eigenvalue weighted by Crippen LogP contribution is 2.42. The number of ether oxygens (including phenoxy) is 2. The molecule has 0 saturated carbocycles. The van der Waals surface area contributed by atoms with Gasteiger partial charge < -0.3 is 9.47 Å². The van der Waals surface area contributed by atoms with Crippen molar-refractivity contribution in [1.82, 2.24) is 0 Å². The van der Waals surface area contributed by atoms with E-state index in [1.165, 1.54) is 0 Å². The lowest BCUT2D eigenvalue weighted by Crippen LogP contribution is -2.22. The molecule has 1 aromatic rings. The van der Waals surface area contributed by atoms with Crippen molar-refractivity contribution in [2.75, 3.05) is 13.2 Å². The lowest BCUT2D eigenvalue weighted by atomic mass is 9.96. The van der Waals surface area contributed by atoms with Crippen molar-refractivity contribution in [3.05, 3.63) is 41.0 Å². The van der Waals surface area contributed by atoms with E-state index in [1.807, 2.05) is 45.0 Å². The minimum atomic E-state index is -0.674. The molecule has 0 aromatic heterocycles. The molecule has 1 aliphatic carbocycles. The number of hydrogen-bond donors (Lipinski definition) is 0. The third kappa shape index (κ3) is 3.06. The summed E-state index contributed by atoms with van der Waals surface area (Å²) in [5.41, 5.74) is 2.96. The first kappa shape index (κ1) is 16.3. The second-order valence-corrected chi connectivity index (χ2v) is 5.36. The van der Waals surface area contributed by atoms with Gasteiger partial charge in [0.25, 0.3) is 0 Å². The van der Waals surface area contributed by atoms with Gasteiger partial charge in [-0.15, -0.1) is 0 Å². The summed E-state index contributed by atoms with van der Waals surface area (Å²) in [6.07, 6.45) is 1.49. The zero-order valence-corrected chi connectivity index (χ0v) is 13.3. The van der Waals surface area contributed by atoms with Crippen LogP contribution in [0.3, 0.4) is 0 Å². The first-order valence-corrected chi connectivity index (χ1v) is 7.75. The van der Waals surface area contributed by atoms with Gasteiger partial charge in [0.2, 0.25) is 0 Å². The molecule has 1 atom stereocenters. The third-order valence-electron chi connectivity index (χ3n) is 3.71. The van der Waals surface area contributed by atoms with Gasteiger partial charge in [-0.25, -0.2) is 4.79 Å². The Balaban J connectivity index is 2.37. The van der Waals surface area contributed by atoms with Gasteiger partial charge in [-0.05, 0) is 36.5 Å². The topological polar surface area (TPSA) is 52.6 Å². The predicted octanol–water partition coefficient (Wildman–Crippen LogP) is 3.46. The van der Waals surface area contributed by atoms with Crippen LogP contribution in [0, 0.1) is 0 Å². The molecule has 0 spiro atoms. The van der Waals surface area contributed by atoms with Crippen LogP contribution in [-0.4, -0.2) is 25.2 Å². The number of fused-ring (bicyclic) bond motifs is 1. The molecule has 0 heterocycles. The highest BCUT2D eigenvalue weighted by molar-refractivity contribution is 6.08. The molecule has 0 N–H and O–H groups in total. The fourth-order valence-electron chi connectivity index (χ4n) is 2.68. The van der Waals surface area contributed by atoms with Crippen molar-refractivity contribution in [2.24, 2.45) is 0 Å². The van der Waals surface area contributed by atoms with Gasteiger partial charge in [0.05, 0.1) is 18.8 Å². The Morgan fingerprint density at radius 3 is 2.36 bits per heavy atom. The molecule has 1 unspecified atom stereocenters. The number of benzene rings is 1. The van der Waals surface area contributed by atoms with E-state index in [-0.39, 0.29) is 5.97 Å². The van der Waals surface area contributed by atoms with Crippen LogP contribution >= 0.6 is 0 Å². The summed E-state index contributed by atoms with van der Waals surface area (Å²) in [5, 5.41) is 0. The molecule has 22 heavy (non-hydrogen) atoms. The lowest BCUT2D eigenvalue weighted by Gasteiger charge is -2.15. The van der Waals surface area contributed by atoms with Gasteiger partial charge >= 0.3 is 11.9 Å². The maximum Gasteiger partial charge on any atom is 0.335 e. The van der Waals surface area contributed by atoms with Crippen LogP contribution in [0.5, 0.6) is 0 Å². The van der Waals surface area contributed by atoms with Crippen molar-refractivity contribution in [3.8, 4) is 0 Å². The van der Waals surface area contributed by atoms with Gasteiger partial charge in [-0.1, -0.05) is 38.1 Å². The Kier molecular flexibility index (Phi) is 5.36.